The number of hydrogen-bond acceptors (Lipinski definition) is 4. The van der Waals surface area contributed by atoms with Crippen LogP contribution in [0.25, 0.3) is 0 Å². The van der Waals surface area contributed by atoms with Crippen LogP contribution < -0.4 is 11.1 Å². The molecule has 0 aromatic rings. The minimum Gasteiger partial charge on any atom is -0.344 e. The molecule has 2 aliphatic rings. The fraction of sp³-hybridized carbons (Fsp3) is 0.812. The quantitative estimate of drug-likeness (QED) is 0.661. The van der Waals surface area contributed by atoms with E-state index in [9.17, 15) is 14.4 Å². The van der Waals surface area contributed by atoms with Gasteiger partial charge in [0.25, 0.3) is 5.91 Å². The van der Waals surface area contributed by atoms with E-state index in [0.29, 0.717) is 18.9 Å². The number of amides is 4. The van der Waals surface area contributed by atoms with E-state index in [1.807, 2.05) is 13.8 Å². The first-order valence-corrected chi connectivity index (χ1v) is 8.30. The molecule has 0 bridgehead atoms. The van der Waals surface area contributed by atoms with E-state index in [4.69, 9.17) is 5.73 Å². The summed E-state index contributed by atoms with van der Waals surface area (Å²) in [6, 6.07) is -0.440. The molecule has 24 heavy (non-hydrogen) atoms. The lowest BCUT2D eigenvalue weighted by molar-refractivity contribution is -0.138. The van der Waals surface area contributed by atoms with Gasteiger partial charge in [0, 0.05) is 19.6 Å². The van der Waals surface area contributed by atoms with Crippen molar-refractivity contribution in [2.45, 2.75) is 51.6 Å². The highest BCUT2D eigenvalue weighted by atomic mass is 35.5. The summed E-state index contributed by atoms with van der Waals surface area (Å²) in [7, 11) is 1.67. The highest BCUT2D eigenvalue weighted by molar-refractivity contribution is 6.09. The average Bonchev–Trinajstić information content (AvgIpc) is 3.30. The van der Waals surface area contributed by atoms with Crippen LogP contribution in [-0.2, 0) is 9.59 Å². The summed E-state index contributed by atoms with van der Waals surface area (Å²) < 4.78 is 0. The standard InChI is InChI=1S/C16H28N4O3.ClH/c1-10(2)12(17)7-8-19(4)13(21)9-20-14(22)16(3,11-5-6-11)18-15(20)23;/h10-12H,5-9,17H2,1-4H3,(H,18,23);1H. The Kier molecular flexibility index (Phi) is 6.64. The lowest BCUT2D eigenvalue weighted by Gasteiger charge is -2.24. The number of nitrogens with two attached hydrogens (primary N) is 1. The van der Waals surface area contributed by atoms with E-state index in [-0.39, 0.29) is 42.7 Å². The Labute approximate surface area is 149 Å². The lowest BCUT2D eigenvalue weighted by atomic mass is 9.96. The molecule has 7 nitrogen and oxygen atoms in total. The van der Waals surface area contributed by atoms with E-state index in [0.717, 1.165) is 17.7 Å². The molecule has 8 heteroatoms. The maximum Gasteiger partial charge on any atom is 0.325 e. The van der Waals surface area contributed by atoms with Gasteiger partial charge in [-0.1, -0.05) is 13.8 Å². The SMILES string of the molecule is CC(C)C(N)CCN(C)C(=O)CN1C(=O)NC(C)(C2CC2)C1=O.Cl. The Morgan fingerprint density at radius 1 is 1.42 bits per heavy atom. The van der Waals surface area contributed by atoms with Gasteiger partial charge in [0.05, 0.1) is 0 Å². The van der Waals surface area contributed by atoms with Gasteiger partial charge in [-0.25, -0.2) is 4.79 Å². The maximum atomic E-state index is 12.5. The van der Waals surface area contributed by atoms with Gasteiger partial charge >= 0.3 is 6.03 Å². The van der Waals surface area contributed by atoms with Gasteiger partial charge in [0.2, 0.25) is 5.91 Å². The molecule has 2 fully saturated rings. The molecule has 0 radical (unpaired) electrons. The van der Waals surface area contributed by atoms with Crippen molar-refractivity contribution in [1.82, 2.24) is 15.1 Å². The van der Waals surface area contributed by atoms with Crippen LogP contribution >= 0.6 is 12.4 Å². The minimum atomic E-state index is -0.837. The molecule has 2 unspecified atom stereocenters. The van der Waals surface area contributed by atoms with E-state index in [1.165, 1.54) is 4.90 Å². The molecule has 1 saturated heterocycles. The second-order valence-electron chi connectivity index (χ2n) is 7.31. The summed E-state index contributed by atoms with van der Waals surface area (Å²) in [6.45, 7) is 6.14. The third-order valence-electron chi connectivity index (χ3n) is 5.07. The van der Waals surface area contributed by atoms with Crippen LogP contribution in [0, 0.1) is 11.8 Å². The number of halogens is 1. The largest absolute Gasteiger partial charge is 0.344 e. The Balaban J connectivity index is 0.00000288. The van der Waals surface area contributed by atoms with Crippen LogP contribution in [0.1, 0.15) is 40.0 Å². The molecule has 2 rings (SSSR count). The Bertz CT molecular complexity index is 510. The van der Waals surface area contributed by atoms with Gasteiger partial charge in [-0.05, 0) is 38.0 Å². The zero-order valence-electron chi connectivity index (χ0n) is 14.9. The summed E-state index contributed by atoms with van der Waals surface area (Å²) in [4.78, 5) is 39.4. The molecule has 0 spiro atoms. The van der Waals surface area contributed by atoms with E-state index in [2.05, 4.69) is 5.32 Å². The minimum absolute atomic E-state index is 0. The van der Waals surface area contributed by atoms with Gasteiger partial charge in [-0.15, -0.1) is 12.4 Å². The first kappa shape index (κ1) is 20.7. The Hall–Kier alpha value is -1.34. The van der Waals surface area contributed by atoms with Crippen LogP contribution in [0.5, 0.6) is 0 Å². The second-order valence-corrected chi connectivity index (χ2v) is 7.31. The van der Waals surface area contributed by atoms with Gasteiger partial charge in [-0.3, -0.25) is 14.5 Å². The molecule has 2 atom stereocenters. The second kappa shape index (κ2) is 7.70. The van der Waals surface area contributed by atoms with Crippen molar-refractivity contribution in [2.75, 3.05) is 20.1 Å². The molecule has 138 valence electrons. The summed E-state index contributed by atoms with van der Waals surface area (Å²) in [5.74, 6) is 0.0136. The number of nitrogens with one attached hydrogen (secondary N) is 1. The maximum absolute atomic E-state index is 12.5. The van der Waals surface area contributed by atoms with Crippen LogP contribution in [0.2, 0.25) is 0 Å². The first-order chi connectivity index (χ1) is 10.7. The molecule has 1 aliphatic heterocycles. The number of urea groups is 1. The van der Waals surface area contributed by atoms with E-state index >= 15 is 0 Å². The number of carbonyl (C=O) groups excluding carboxylic acids is 3. The molecular formula is C16H29ClN4O3. The normalized spacial score (nSPS) is 24.7. The lowest BCUT2D eigenvalue weighted by Crippen LogP contribution is -2.47. The number of imide groups is 1. The van der Waals surface area contributed by atoms with Crippen molar-refractivity contribution in [3.63, 3.8) is 0 Å². The number of nitrogens with zero attached hydrogens (tertiary/aromatic N) is 2. The third-order valence-corrected chi connectivity index (χ3v) is 5.07. The number of rotatable bonds is 7. The molecular weight excluding hydrogens is 332 g/mol. The van der Waals surface area contributed by atoms with E-state index < -0.39 is 11.6 Å². The van der Waals surface area contributed by atoms with Gasteiger partial charge in [0.15, 0.2) is 0 Å². The van der Waals surface area contributed by atoms with Crippen LogP contribution in [0.15, 0.2) is 0 Å². The van der Waals surface area contributed by atoms with Gasteiger partial charge < -0.3 is 16.0 Å². The summed E-state index contributed by atoms with van der Waals surface area (Å²) in [5, 5.41) is 2.75. The number of likely N-dealkylation sites (N-methyl/N-ethyl adjacent to an activating group) is 1. The summed E-state index contributed by atoms with van der Waals surface area (Å²) >= 11 is 0. The predicted molar refractivity (Wildman–Crippen MR) is 93.7 cm³/mol. The van der Waals surface area contributed by atoms with Crippen molar-refractivity contribution in [3.05, 3.63) is 0 Å². The summed E-state index contributed by atoms with van der Waals surface area (Å²) in [5.41, 5.74) is 5.14. The Morgan fingerprint density at radius 2 is 2.00 bits per heavy atom. The molecule has 3 N–H and O–H groups in total. The molecule has 1 saturated carbocycles. The zero-order valence-corrected chi connectivity index (χ0v) is 15.7. The monoisotopic (exact) mass is 360 g/mol. The number of carbonyl (C=O) groups is 3. The zero-order chi connectivity index (χ0) is 17.4. The fourth-order valence-corrected chi connectivity index (χ4v) is 2.85. The van der Waals surface area contributed by atoms with E-state index in [1.54, 1.807) is 14.0 Å². The fourth-order valence-electron chi connectivity index (χ4n) is 2.85. The van der Waals surface area contributed by atoms with Gasteiger partial charge in [0.1, 0.15) is 12.1 Å². The van der Waals surface area contributed by atoms with Crippen LogP contribution in [0.4, 0.5) is 4.79 Å². The highest BCUT2D eigenvalue weighted by Gasteiger charge is 2.56. The van der Waals surface area contributed by atoms with Crippen LogP contribution in [-0.4, -0.2) is 59.4 Å². The smallest absolute Gasteiger partial charge is 0.325 e. The molecule has 4 amide bonds. The average molecular weight is 361 g/mol. The molecule has 1 heterocycles. The Morgan fingerprint density at radius 3 is 2.50 bits per heavy atom. The third kappa shape index (κ3) is 4.19. The van der Waals surface area contributed by atoms with Crippen LogP contribution in [0.3, 0.4) is 0 Å². The van der Waals surface area contributed by atoms with Gasteiger partial charge in [-0.2, -0.15) is 0 Å². The molecule has 0 aromatic heterocycles. The van der Waals surface area contributed by atoms with Crippen molar-refractivity contribution in [3.8, 4) is 0 Å². The van der Waals surface area contributed by atoms with Crippen molar-refractivity contribution in [2.24, 2.45) is 17.6 Å². The highest BCUT2D eigenvalue weighted by Crippen LogP contribution is 2.42. The van der Waals surface area contributed by atoms with Crippen molar-refractivity contribution in [1.29, 1.82) is 0 Å². The van der Waals surface area contributed by atoms with Crippen molar-refractivity contribution < 1.29 is 14.4 Å². The number of hydrogen-bond donors (Lipinski definition) is 2. The summed E-state index contributed by atoms with van der Waals surface area (Å²) in [6.07, 6.45) is 2.58. The topological polar surface area (TPSA) is 95.7 Å². The van der Waals surface area contributed by atoms with Crippen molar-refractivity contribution >= 4 is 30.3 Å². The molecule has 1 aliphatic carbocycles. The predicted octanol–water partition coefficient (Wildman–Crippen LogP) is 0.961. The first-order valence-electron chi connectivity index (χ1n) is 8.30. The molecule has 0 aromatic carbocycles.